The number of piperidine rings is 1. The second-order valence-corrected chi connectivity index (χ2v) is 8.21. The van der Waals surface area contributed by atoms with Crippen molar-refractivity contribution in [2.24, 2.45) is 11.8 Å². The fraction of sp³-hybridized carbons (Fsp3) is 0.667. The SMILES string of the molecule is CCCCCCC(=O)CCCN1CCC(Cc2ccccc2)C(C(C)=O)C1. The average Bonchev–Trinajstić information content (AvgIpc) is 2.67. The van der Waals surface area contributed by atoms with Crippen molar-refractivity contribution in [3.63, 3.8) is 0 Å². The first-order valence-electron chi connectivity index (χ1n) is 10.9. The zero-order chi connectivity index (χ0) is 19.5. The smallest absolute Gasteiger partial charge is 0.134 e. The van der Waals surface area contributed by atoms with Crippen LogP contribution in [0.25, 0.3) is 0 Å². The Morgan fingerprint density at radius 3 is 2.48 bits per heavy atom. The van der Waals surface area contributed by atoms with Gasteiger partial charge in [-0.2, -0.15) is 0 Å². The summed E-state index contributed by atoms with van der Waals surface area (Å²) in [5.41, 5.74) is 1.33. The fourth-order valence-electron chi connectivity index (χ4n) is 4.27. The monoisotopic (exact) mass is 371 g/mol. The number of nitrogens with zero attached hydrogens (tertiary/aromatic N) is 1. The van der Waals surface area contributed by atoms with Gasteiger partial charge in [0.25, 0.3) is 0 Å². The first-order valence-corrected chi connectivity index (χ1v) is 10.9. The Bertz CT molecular complexity index is 569. The van der Waals surface area contributed by atoms with Crippen molar-refractivity contribution in [2.45, 2.75) is 71.6 Å². The molecular weight excluding hydrogens is 334 g/mol. The van der Waals surface area contributed by atoms with Crippen molar-refractivity contribution >= 4 is 11.6 Å². The zero-order valence-corrected chi connectivity index (χ0v) is 17.3. The van der Waals surface area contributed by atoms with Crippen LogP contribution >= 0.6 is 0 Å². The Balaban J connectivity index is 1.72. The Labute approximate surface area is 165 Å². The van der Waals surface area contributed by atoms with Crippen molar-refractivity contribution in [3.05, 3.63) is 35.9 Å². The number of carbonyl (C=O) groups excluding carboxylic acids is 2. The molecule has 0 saturated carbocycles. The summed E-state index contributed by atoms with van der Waals surface area (Å²) in [4.78, 5) is 26.6. The average molecular weight is 372 g/mol. The topological polar surface area (TPSA) is 37.4 Å². The van der Waals surface area contributed by atoms with E-state index in [4.69, 9.17) is 0 Å². The number of Topliss-reactive ketones (excluding diaryl/α,β-unsaturated/α-hetero) is 2. The predicted octanol–water partition coefficient (Wildman–Crippen LogP) is 5.08. The molecule has 27 heavy (non-hydrogen) atoms. The molecule has 3 nitrogen and oxygen atoms in total. The van der Waals surface area contributed by atoms with Crippen LogP contribution in [-0.2, 0) is 16.0 Å². The molecule has 1 heterocycles. The molecule has 1 saturated heterocycles. The molecule has 1 aromatic carbocycles. The van der Waals surface area contributed by atoms with Crippen LogP contribution in [0, 0.1) is 11.8 Å². The van der Waals surface area contributed by atoms with E-state index in [1.807, 2.05) is 6.07 Å². The highest BCUT2D eigenvalue weighted by Crippen LogP contribution is 2.28. The van der Waals surface area contributed by atoms with Gasteiger partial charge in [-0.1, -0.05) is 56.5 Å². The van der Waals surface area contributed by atoms with E-state index in [0.717, 1.165) is 51.7 Å². The lowest BCUT2D eigenvalue weighted by Crippen LogP contribution is -2.44. The summed E-state index contributed by atoms with van der Waals surface area (Å²) in [6.07, 6.45) is 9.11. The summed E-state index contributed by atoms with van der Waals surface area (Å²) in [6, 6.07) is 10.5. The summed E-state index contributed by atoms with van der Waals surface area (Å²) in [5.74, 6) is 1.30. The summed E-state index contributed by atoms with van der Waals surface area (Å²) in [7, 11) is 0. The van der Waals surface area contributed by atoms with Gasteiger partial charge in [-0.3, -0.25) is 9.59 Å². The van der Waals surface area contributed by atoms with E-state index < -0.39 is 0 Å². The molecule has 150 valence electrons. The van der Waals surface area contributed by atoms with Gasteiger partial charge in [0.15, 0.2) is 0 Å². The molecule has 1 aromatic rings. The fourth-order valence-corrected chi connectivity index (χ4v) is 4.27. The van der Waals surface area contributed by atoms with Gasteiger partial charge in [-0.25, -0.2) is 0 Å². The molecule has 1 fully saturated rings. The van der Waals surface area contributed by atoms with E-state index in [9.17, 15) is 9.59 Å². The van der Waals surface area contributed by atoms with Crippen LogP contribution in [0.4, 0.5) is 0 Å². The maximum atomic E-state index is 12.2. The van der Waals surface area contributed by atoms with Crippen LogP contribution in [0.15, 0.2) is 30.3 Å². The van der Waals surface area contributed by atoms with Crippen LogP contribution in [0.5, 0.6) is 0 Å². The van der Waals surface area contributed by atoms with Gasteiger partial charge in [0.1, 0.15) is 11.6 Å². The summed E-state index contributed by atoms with van der Waals surface area (Å²) in [6.45, 7) is 6.79. The summed E-state index contributed by atoms with van der Waals surface area (Å²) < 4.78 is 0. The molecule has 2 rings (SSSR count). The van der Waals surface area contributed by atoms with Crippen LogP contribution in [-0.4, -0.2) is 36.1 Å². The van der Waals surface area contributed by atoms with Crippen molar-refractivity contribution in [1.29, 1.82) is 0 Å². The third-order valence-electron chi connectivity index (χ3n) is 5.94. The minimum Gasteiger partial charge on any atom is -0.303 e. The zero-order valence-electron chi connectivity index (χ0n) is 17.3. The van der Waals surface area contributed by atoms with E-state index in [1.165, 1.54) is 24.8 Å². The highest BCUT2D eigenvalue weighted by molar-refractivity contribution is 5.79. The number of likely N-dealkylation sites (tertiary alicyclic amines) is 1. The number of unbranched alkanes of at least 4 members (excludes halogenated alkanes) is 3. The van der Waals surface area contributed by atoms with Gasteiger partial charge in [-0.05, 0) is 57.2 Å². The van der Waals surface area contributed by atoms with Crippen molar-refractivity contribution in [2.75, 3.05) is 19.6 Å². The van der Waals surface area contributed by atoms with Crippen LogP contribution < -0.4 is 0 Å². The lowest BCUT2D eigenvalue weighted by atomic mass is 9.79. The number of benzene rings is 1. The van der Waals surface area contributed by atoms with E-state index >= 15 is 0 Å². The highest BCUT2D eigenvalue weighted by atomic mass is 16.1. The summed E-state index contributed by atoms with van der Waals surface area (Å²) in [5, 5.41) is 0. The second-order valence-electron chi connectivity index (χ2n) is 8.21. The number of carbonyl (C=O) groups is 2. The van der Waals surface area contributed by atoms with Gasteiger partial charge in [0.2, 0.25) is 0 Å². The standard InChI is InChI=1S/C24H37NO2/c1-3-4-5-9-13-23(27)14-10-16-25-17-15-22(24(19-25)20(2)26)18-21-11-7-6-8-12-21/h6-8,11-12,22,24H,3-5,9-10,13-19H2,1-2H3. The van der Waals surface area contributed by atoms with Gasteiger partial charge < -0.3 is 4.90 Å². The molecule has 0 aliphatic carbocycles. The molecule has 0 amide bonds. The molecule has 0 radical (unpaired) electrons. The van der Waals surface area contributed by atoms with Gasteiger partial charge in [0.05, 0.1) is 0 Å². The lowest BCUT2D eigenvalue weighted by Gasteiger charge is -2.37. The Kier molecular flexibility index (Phi) is 9.75. The third-order valence-corrected chi connectivity index (χ3v) is 5.94. The van der Waals surface area contributed by atoms with Crippen molar-refractivity contribution in [3.8, 4) is 0 Å². The maximum absolute atomic E-state index is 12.2. The molecule has 0 spiro atoms. The third kappa shape index (κ3) is 7.96. The van der Waals surface area contributed by atoms with Gasteiger partial charge in [0, 0.05) is 25.3 Å². The Morgan fingerprint density at radius 2 is 1.78 bits per heavy atom. The maximum Gasteiger partial charge on any atom is 0.134 e. The predicted molar refractivity (Wildman–Crippen MR) is 112 cm³/mol. The van der Waals surface area contributed by atoms with E-state index in [0.29, 0.717) is 23.9 Å². The molecule has 1 aliphatic rings. The molecule has 0 aromatic heterocycles. The Morgan fingerprint density at radius 1 is 1.04 bits per heavy atom. The van der Waals surface area contributed by atoms with Gasteiger partial charge in [-0.15, -0.1) is 0 Å². The highest BCUT2D eigenvalue weighted by Gasteiger charge is 2.32. The normalized spacial score (nSPS) is 20.5. The second kappa shape index (κ2) is 12.1. The minimum absolute atomic E-state index is 0.128. The first-order chi connectivity index (χ1) is 13.1. The Hall–Kier alpha value is -1.48. The number of ketones is 2. The van der Waals surface area contributed by atoms with Crippen molar-refractivity contribution < 1.29 is 9.59 Å². The van der Waals surface area contributed by atoms with E-state index in [2.05, 4.69) is 36.1 Å². The first kappa shape index (κ1) is 21.8. The summed E-state index contributed by atoms with van der Waals surface area (Å²) >= 11 is 0. The number of rotatable bonds is 12. The van der Waals surface area contributed by atoms with Crippen LogP contribution in [0.3, 0.4) is 0 Å². The van der Waals surface area contributed by atoms with Gasteiger partial charge >= 0.3 is 0 Å². The number of hydrogen-bond donors (Lipinski definition) is 0. The van der Waals surface area contributed by atoms with Crippen LogP contribution in [0.2, 0.25) is 0 Å². The molecule has 3 heteroatoms. The minimum atomic E-state index is 0.128. The molecule has 2 atom stereocenters. The van der Waals surface area contributed by atoms with E-state index in [1.54, 1.807) is 6.92 Å². The van der Waals surface area contributed by atoms with Crippen LogP contribution in [0.1, 0.15) is 70.8 Å². The molecule has 0 bridgehead atoms. The van der Waals surface area contributed by atoms with E-state index in [-0.39, 0.29) is 5.92 Å². The van der Waals surface area contributed by atoms with Crippen molar-refractivity contribution in [1.82, 2.24) is 4.90 Å². The molecule has 1 aliphatic heterocycles. The quantitative estimate of drug-likeness (QED) is 0.481. The largest absolute Gasteiger partial charge is 0.303 e. The molecular formula is C24H37NO2. The number of hydrogen-bond acceptors (Lipinski definition) is 3. The lowest BCUT2D eigenvalue weighted by molar-refractivity contribution is -0.124. The molecule has 0 N–H and O–H groups in total. The molecule has 2 unspecified atom stereocenters.